The van der Waals surface area contributed by atoms with E-state index in [-0.39, 0.29) is 17.8 Å². The van der Waals surface area contributed by atoms with Crippen LogP contribution in [-0.2, 0) is 11.0 Å². The molecule has 1 spiro atoms. The van der Waals surface area contributed by atoms with Crippen LogP contribution >= 0.6 is 0 Å². The number of aromatic nitrogens is 3. The fourth-order valence-corrected chi connectivity index (χ4v) is 5.21. The molecule has 0 unspecified atom stereocenters. The van der Waals surface area contributed by atoms with Gasteiger partial charge in [0, 0.05) is 24.7 Å². The van der Waals surface area contributed by atoms with Crippen LogP contribution in [0.25, 0.3) is 5.82 Å². The third kappa shape index (κ3) is 4.00. The molecule has 0 bridgehead atoms. The van der Waals surface area contributed by atoms with Crippen molar-refractivity contribution >= 4 is 0 Å². The number of nitrogens with zero attached hydrogens (tertiary/aromatic N) is 3. The number of hydrogen-bond acceptors (Lipinski definition) is 5. The summed E-state index contributed by atoms with van der Waals surface area (Å²) in [5, 5.41) is 0. The molecule has 0 radical (unpaired) electrons. The normalized spacial score (nSPS) is 25.5. The number of halogens is 3. The van der Waals surface area contributed by atoms with E-state index in [2.05, 4.69) is 27.6 Å². The number of nitrogens with one attached hydrogen (secondary N) is 1. The molecule has 3 aromatic rings. The van der Waals surface area contributed by atoms with Gasteiger partial charge in [0.1, 0.15) is 17.3 Å². The highest BCUT2D eigenvalue weighted by molar-refractivity contribution is 5.39. The maximum absolute atomic E-state index is 13.4. The zero-order valence-corrected chi connectivity index (χ0v) is 18.2. The molecule has 1 aliphatic carbocycles. The van der Waals surface area contributed by atoms with E-state index >= 15 is 0 Å². The monoisotopic (exact) mass is 458 g/mol. The van der Waals surface area contributed by atoms with Crippen molar-refractivity contribution in [2.75, 3.05) is 7.11 Å². The topological polar surface area (TPSA) is 61.2 Å². The minimum absolute atomic E-state index is 0.127. The summed E-state index contributed by atoms with van der Waals surface area (Å²) in [7, 11) is 1.53. The fraction of sp³-hybridized carbons (Fsp3) is 0.417. The van der Waals surface area contributed by atoms with Crippen LogP contribution in [0.4, 0.5) is 13.2 Å². The average molecular weight is 458 g/mol. The van der Waals surface area contributed by atoms with Gasteiger partial charge in [-0.2, -0.15) is 18.7 Å². The second kappa shape index (κ2) is 8.46. The minimum Gasteiger partial charge on any atom is -0.495 e. The van der Waals surface area contributed by atoms with Crippen molar-refractivity contribution in [3.05, 3.63) is 71.9 Å². The van der Waals surface area contributed by atoms with Crippen molar-refractivity contribution in [2.24, 2.45) is 0 Å². The van der Waals surface area contributed by atoms with Gasteiger partial charge in [0.2, 0.25) is 5.82 Å². The van der Waals surface area contributed by atoms with E-state index in [4.69, 9.17) is 9.57 Å². The summed E-state index contributed by atoms with van der Waals surface area (Å²) in [5.41, 5.74) is 4.49. The van der Waals surface area contributed by atoms with Crippen molar-refractivity contribution in [1.82, 2.24) is 20.0 Å². The first-order valence-corrected chi connectivity index (χ1v) is 11.1. The van der Waals surface area contributed by atoms with Crippen molar-refractivity contribution in [3.8, 4) is 11.6 Å². The lowest BCUT2D eigenvalue weighted by atomic mass is 9.69. The molecule has 3 atom stereocenters. The number of rotatable bonds is 4. The summed E-state index contributed by atoms with van der Waals surface area (Å²) >= 11 is 0. The van der Waals surface area contributed by atoms with Gasteiger partial charge >= 0.3 is 6.18 Å². The lowest BCUT2D eigenvalue weighted by Crippen LogP contribution is -2.39. The van der Waals surface area contributed by atoms with E-state index in [0.717, 1.165) is 36.4 Å². The fourth-order valence-electron chi connectivity index (χ4n) is 5.21. The first kappa shape index (κ1) is 21.9. The highest BCUT2D eigenvalue weighted by Crippen LogP contribution is 2.51. The third-order valence-electron chi connectivity index (χ3n) is 6.70. The van der Waals surface area contributed by atoms with Gasteiger partial charge in [-0.1, -0.05) is 43.2 Å². The number of benzene rings is 1. The summed E-state index contributed by atoms with van der Waals surface area (Å²) < 4.78 is 46.6. The first-order chi connectivity index (χ1) is 15.9. The highest BCUT2D eigenvalue weighted by atomic mass is 19.4. The molecular weight excluding hydrogens is 433 g/mol. The lowest BCUT2D eigenvalue weighted by molar-refractivity contribution is -0.146. The van der Waals surface area contributed by atoms with Crippen molar-refractivity contribution < 1.29 is 22.7 Å². The molecule has 1 N–H and O–H groups in total. The Kier molecular flexibility index (Phi) is 5.62. The standard InChI is InChI=1S/C24H25F3N4O2/c1-32-19-10-11-20(31-14-13-28-22(31)24(25,26)27)29-21(19)18-15-23(33-30-18)12-6-5-9-17(23)16-7-3-2-4-8-16/h2-4,7-8,10-11,13-14,17-18,30H,5-6,9,12,15H2,1H3/t17-,18-,23+/m0/s1. The van der Waals surface area contributed by atoms with E-state index in [1.54, 1.807) is 6.07 Å². The van der Waals surface area contributed by atoms with Crippen molar-refractivity contribution in [3.63, 3.8) is 0 Å². The van der Waals surface area contributed by atoms with E-state index in [1.807, 2.05) is 18.2 Å². The lowest BCUT2D eigenvalue weighted by Gasteiger charge is -2.40. The van der Waals surface area contributed by atoms with Crippen LogP contribution in [0.5, 0.6) is 5.75 Å². The smallest absolute Gasteiger partial charge is 0.450 e. The molecule has 1 aromatic carbocycles. The minimum atomic E-state index is -4.59. The summed E-state index contributed by atoms with van der Waals surface area (Å²) in [6.45, 7) is 0. The van der Waals surface area contributed by atoms with Gasteiger partial charge in [-0.15, -0.1) is 0 Å². The van der Waals surface area contributed by atoms with Gasteiger partial charge in [0.25, 0.3) is 0 Å². The van der Waals surface area contributed by atoms with Gasteiger partial charge in [-0.3, -0.25) is 9.40 Å². The van der Waals surface area contributed by atoms with E-state index in [0.29, 0.717) is 17.9 Å². The number of hydroxylamine groups is 1. The van der Waals surface area contributed by atoms with Gasteiger partial charge in [0.15, 0.2) is 0 Å². The van der Waals surface area contributed by atoms with Gasteiger partial charge in [-0.25, -0.2) is 9.97 Å². The Labute approximate surface area is 189 Å². The molecule has 1 aliphatic heterocycles. The van der Waals surface area contributed by atoms with Crippen LogP contribution in [-0.4, -0.2) is 27.2 Å². The number of alkyl halides is 3. The second-order valence-corrected chi connectivity index (χ2v) is 8.63. The Balaban J connectivity index is 1.49. The molecule has 1 saturated heterocycles. The molecule has 0 amide bonds. The molecule has 3 heterocycles. The van der Waals surface area contributed by atoms with E-state index < -0.39 is 17.6 Å². The molecular formula is C24H25F3N4O2. The molecule has 6 nitrogen and oxygen atoms in total. The number of ether oxygens (including phenoxy) is 1. The van der Waals surface area contributed by atoms with Crippen molar-refractivity contribution in [1.29, 1.82) is 0 Å². The summed E-state index contributed by atoms with van der Waals surface area (Å²) in [6.07, 6.45) is 2.55. The van der Waals surface area contributed by atoms with Crippen LogP contribution in [0.3, 0.4) is 0 Å². The highest BCUT2D eigenvalue weighted by Gasteiger charge is 2.50. The predicted molar refractivity (Wildman–Crippen MR) is 115 cm³/mol. The van der Waals surface area contributed by atoms with Gasteiger partial charge in [0.05, 0.1) is 18.8 Å². The molecule has 2 fully saturated rings. The van der Waals surface area contributed by atoms with Gasteiger partial charge in [-0.05, 0) is 30.5 Å². The Bertz CT molecular complexity index is 1120. The first-order valence-electron chi connectivity index (χ1n) is 11.1. The van der Waals surface area contributed by atoms with Crippen LogP contribution in [0.1, 0.15) is 61.1 Å². The van der Waals surface area contributed by atoms with Crippen LogP contribution in [0.15, 0.2) is 54.9 Å². The number of hydrogen-bond donors (Lipinski definition) is 1. The molecule has 2 aromatic heterocycles. The molecule has 5 rings (SSSR count). The van der Waals surface area contributed by atoms with Crippen molar-refractivity contribution in [2.45, 2.75) is 55.8 Å². The molecule has 1 saturated carbocycles. The third-order valence-corrected chi connectivity index (χ3v) is 6.70. The Morgan fingerprint density at radius 1 is 1.15 bits per heavy atom. The van der Waals surface area contributed by atoms with E-state index in [9.17, 15) is 13.2 Å². The van der Waals surface area contributed by atoms with Crippen LogP contribution in [0, 0.1) is 0 Å². The largest absolute Gasteiger partial charge is 0.495 e. The summed E-state index contributed by atoms with van der Waals surface area (Å²) in [4.78, 5) is 14.3. The predicted octanol–water partition coefficient (Wildman–Crippen LogP) is 5.36. The number of imidazole rings is 1. The average Bonchev–Trinajstić information content (AvgIpc) is 3.48. The number of methoxy groups -OCH3 is 1. The summed E-state index contributed by atoms with van der Waals surface area (Å²) in [6, 6.07) is 13.2. The molecule has 33 heavy (non-hydrogen) atoms. The number of pyridine rings is 1. The van der Waals surface area contributed by atoms with Crippen LogP contribution in [0.2, 0.25) is 0 Å². The molecule has 174 valence electrons. The Morgan fingerprint density at radius 2 is 1.97 bits per heavy atom. The summed E-state index contributed by atoms with van der Waals surface area (Å²) in [5.74, 6) is -0.168. The second-order valence-electron chi connectivity index (χ2n) is 8.63. The van der Waals surface area contributed by atoms with E-state index in [1.165, 1.54) is 24.9 Å². The Morgan fingerprint density at radius 3 is 2.73 bits per heavy atom. The quantitative estimate of drug-likeness (QED) is 0.571. The SMILES string of the molecule is COc1ccc(-n2ccnc2C(F)(F)F)nc1[C@@H]1C[C@@]2(CCCC[C@H]2c2ccccc2)ON1. The molecule has 2 aliphatic rings. The zero-order valence-electron chi connectivity index (χ0n) is 18.2. The maximum atomic E-state index is 13.4. The Hall–Kier alpha value is -2.91. The molecule has 9 heteroatoms. The van der Waals surface area contributed by atoms with Crippen LogP contribution < -0.4 is 10.2 Å². The van der Waals surface area contributed by atoms with Gasteiger partial charge < -0.3 is 4.74 Å². The maximum Gasteiger partial charge on any atom is 0.450 e. The zero-order chi connectivity index (χ0) is 23.1.